The Morgan fingerprint density at radius 3 is 2.72 bits per heavy atom. The third kappa shape index (κ3) is 3.41. The summed E-state index contributed by atoms with van der Waals surface area (Å²) in [5, 5.41) is 10.7. The lowest BCUT2D eigenvalue weighted by atomic mass is 10.4. The van der Waals surface area contributed by atoms with Crippen LogP contribution in [-0.4, -0.2) is 40.4 Å². The van der Waals surface area contributed by atoms with Crippen molar-refractivity contribution in [1.82, 2.24) is 9.88 Å². The summed E-state index contributed by atoms with van der Waals surface area (Å²) in [5.74, 6) is -0.592. The monoisotopic (exact) mass is 253 g/mol. The van der Waals surface area contributed by atoms with Gasteiger partial charge in [0.05, 0.1) is 0 Å². The first-order chi connectivity index (χ1) is 8.60. The highest BCUT2D eigenvalue weighted by Crippen LogP contribution is 2.22. The number of pyridine rings is 1. The maximum absolute atomic E-state index is 11.7. The van der Waals surface area contributed by atoms with Gasteiger partial charge in [0.2, 0.25) is 5.75 Å². The molecule has 1 heterocycles. The molecule has 0 saturated heterocycles. The van der Waals surface area contributed by atoms with Crippen LogP contribution in [0.4, 0.5) is 5.82 Å². The van der Waals surface area contributed by atoms with Gasteiger partial charge in [-0.25, -0.2) is 0 Å². The topological polar surface area (TPSA) is 85.6 Å². The standard InChI is InChI=1S/C11H15N3O4/c1-3-13(4-2)10(15)8-18-9-6-5-7-12-11(9)14(16)17/h5-7H,3-4,8H2,1-2H3. The smallest absolute Gasteiger partial charge is 0.406 e. The highest BCUT2D eigenvalue weighted by molar-refractivity contribution is 5.77. The molecule has 0 saturated carbocycles. The van der Waals surface area contributed by atoms with Gasteiger partial charge in [0.15, 0.2) is 6.61 Å². The minimum Gasteiger partial charge on any atom is -0.476 e. The molecule has 0 atom stereocenters. The van der Waals surface area contributed by atoms with Crippen molar-refractivity contribution in [3.8, 4) is 5.75 Å². The van der Waals surface area contributed by atoms with Gasteiger partial charge in [0, 0.05) is 13.1 Å². The molecule has 98 valence electrons. The van der Waals surface area contributed by atoms with Gasteiger partial charge in [0.25, 0.3) is 5.91 Å². The number of hydrogen-bond donors (Lipinski definition) is 0. The van der Waals surface area contributed by atoms with E-state index in [9.17, 15) is 14.9 Å². The zero-order chi connectivity index (χ0) is 13.5. The van der Waals surface area contributed by atoms with E-state index < -0.39 is 4.92 Å². The van der Waals surface area contributed by atoms with Gasteiger partial charge in [-0.3, -0.25) is 4.79 Å². The van der Waals surface area contributed by atoms with Crippen molar-refractivity contribution in [2.45, 2.75) is 13.8 Å². The van der Waals surface area contributed by atoms with E-state index in [2.05, 4.69) is 4.98 Å². The fraction of sp³-hybridized carbons (Fsp3) is 0.455. The Bertz CT molecular complexity index is 432. The summed E-state index contributed by atoms with van der Waals surface area (Å²) in [6, 6.07) is 2.94. The van der Waals surface area contributed by atoms with Gasteiger partial charge in [-0.15, -0.1) is 0 Å². The molecular formula is C11H15N3O4. The first kappa shape index (κ1) is 13.9. The molecule has 0 bridgehead atoms. The summed E-state index contributed by atoms with van der Waals surface area (Å²) in [5.41, 5.74) is 0. The number of rotatable bonds is 6. The molecule has 0 aliphatic carbocycles. The van der Waals surface area contributed by atoms with Gasteiger partial charge in [-0.05, 0) is 35.9 Å². The van der Waals surface area contributed by atoms with Crippen LogP contribution in [0.25, 0.3) is 0 Å². The Kier molecular flexibility index (Phi) is 5.04. The Labute approximate surface area is 105 Å². The molecule has 0 aliphatic heterocycles. The Morgan fingerprint density at radius 2 is 2.17 bits per heavy atom. The van der Waals surface area contributed by atoms with E-state index in [1.165, 1.54) is 18.3 Å². The fourth-order valence-electron chi connectivity index (χ4n) is 1.44. The average Bonchev–Trinajstić information content (AvgIpc) is 2.38. The van der Waals surface area contributed by atoms with Crippen molar-refractivity contribution >= 4 is 11.7 Å². The van der Waals surface area contributed by atoms with Crippen molar-refractivity contribution < 1.29 is 14.5 Å². The number of aromatic nitrogens is 1. The SMILES string of the molecule is CCN(CC)C(=O)COc1cccnc1[N+](=O)[O-]. The van der Waals surface area contributed by atoms with E-state index >= 15 is 0 Å². The Hall–Kier alpha value is -2.18. The minimum absolute atomic E-state index is 0.00278. The molecule has 0 fully saturated rings. The highest BCUT2D eigenvalue weighted by atomic mass is 16.6. The summed E-state index contributed by atoms with van der Waals surface area (Å²) >= 11 is 0. The number of amides is 1. The van der Waals surface area contributed by atoms with Gasteiger partial charge >= 0.3 is 5.82 Å². The summed E-state index contributed by atoms with van der Waals surface area (Å²) < 4.78 is 5.15. The van der Waals surface area contributed by atoms with E-state index in [0.717, 1.165) is 0 Å². The lowest BCUT2D eigenvalue weighted by Crippen LogP contribution is -2.34. The molecule has 7 nitrogen and oxygen atoms in total. The molecule has 0 aromatic carbocycles. The summed E-state index contributed by atoms with van der Waals surface area (Å²) in [6.07, 6.45) is 1.30. The second-order valence-electron chi connectivity index (χ2n) is 3.44. The third-order valence-corrected chi connectivity index (χ3v) is 2.39. The van der Waals surface area contributed by atoms with Crippen LogP contribution in [0.3, 0.4) is 0 Å². The molecule has 0 radical (unpaired) electrons. The van der Waals surface area contributed by atoms with Crippen LogP contribution in [0, 0.1) is 10.1 Å². The number of nitrogens with zero attached hydrogens (tertiary/aromatic N) is 3. The van der Waals surface area contributed by atoms with E-state index in [1.807, 2.05) is 13.8 Å². The Morgan fingerprint density at radius 1 is 1.50 bits per heavy atom. The third-order valence-electron chi connectivity index (χ3n) is 2.39. The predicted octanol–water partition coefficient (Wildman–Crippen LogP) is 1.24. The zero-order valence-electron chi connectivity index (χ0n) is 10.3. The summed E-state index contributed by atoms with van der Waals surface area (Å²) in [4.78, 5) is 26.9. The average molecular weight is 253 g/mol. The number of ether oxygens (including phenoxy) is 1. The molecule has 0 N–H and O–H groups in total. The number of carbonyl (C=O) groups excluding carboxylic acids is 1. The van der Waals surface area contributed by atoms with Gasteiger partial charge in [0.1, 0.15) is 6.20 Å². The van der Waals surface area contributed by atoms with Crippen LogP contribution in [0.5, 0.6) is 5.75 Å². The largest absolute Gasteiger partial charge is 0.476 e. The van der Waals surface area contributed by atoms with Crippen LogP contribution in [-0.2, 0) is 4.79 Å². The second kappa shape index (κ2) is 6.53. The molecule has 1 aromatic heterocycles. The zero-order valence-corrected chi connectivity index (χ0v) is 10.3. The molecule has 0 unspecified atom stereocenters. The first-order valence-corrected chi connectivity index (χ1v) is 5.60. The van der Waals surface area contributed by atoms with Crippen LogP contribution in [0.1, 0.15) is 13.8 Å². The lowest BCUT2D eigenvalue weighted by Gasteiger charge is -2.18. The molecule has 1 rings (SSSR count). The van der Waals surface area contributed by atoms with Crippen LogP contribution in [0.15, 0.2) is 18.3 Å². The molecule has 18 heavy (non-hydrogen) atoms. The quantitative estimate of drug-likeness (QED) is 0.562. The number of carbonyl (C=O) groups is 1. The molecule has 7 heteroatoms. The molecule has 1 amide bonds. The van der Waals surface area contributed by atoms with E-state index in [0.29, 0.717) is 13.1 Å². The van der Waals surface area contributed by atoms with E-state index in [-0.39, 0.29) is 24.1 Å². The van der Waals surface area contributed by atoms with Crippen molar-refractivity contribution in [3.63, 3.8) is 0 Å². The van der Waals surface area contributed by atoms with Crippen LogP contribution in [0.2, 0.25) is 0 Å². The van der Waals surface area contributed by atoms with Crippen LogP contribution >= 0.6 is 0 Å². The fourth-order valence-corrected chi connectivity index (χ4v) is 1.44. The first-order valence-electron chi connectivity index (χ1n) is 5.60. The maximum Gasteiger partial charge on any atom is 0.406 e. The van der Waals surface area contributed by atoms with Crippen LogP contribution < -0.4 is 4.74 Å². The molecule has 1 aromatic rings. The van der Waals surface area contributed by atoms with E-state index in [4.69, 9.17) is 4.74 Å². The maximum atomic E-state index is 11.7. The van der Waals surface area contributed by atoms with E-state index in [1.54, 1.807) is 4.90 Å². The lowest BCUT2D eigenvalue weighted by molar-refractivity contribution is -0.390. The van der Waals surface area contributed by atoms with Crippen molar-refractivity contribution in [1.29, 1.82) is 0 Å². The molecule has 0 aliphatic rings. The minimum atomic E-state index is -0.642. The second-order valence-corrected chi connectivity index (χ2v) is 3.44. The molecular weight excluding hydrogens is 238 g/mol. The highest BCUT2D eigenvalue weighted by Gasteiger charge is 2.17. The molecule has 0 spiro atoms. The number of nitro groups is 1. The van der Waals surface area contributed by atoms with Gasteiger partial charge < -0.3 is 19.8 Å². The number of likely N-dealkylation sites (N-methyl/N-ethyl adjacent to an activating group) is 1. The van der Waals surface area contributed by atoms with Gasteiger partial charge in [-0.1, -0.05) is 0 Å². The predicted molar refractivity (Wildman–Crippen MR) is 64.3 cm³/mol. The number of hydrogen-bond acceptors (Lipinski definition) is 5. The normalized spacial score (nSPS) is 9.89. The summed E-state index contributed by atoms with van der Waals surface area (Å²) in [6.45, 7) is 4.64. The van der Waals surface area contributed by atoms with Gasteiger partial charge in [-0.2, -0.15) is 0 Å². The summed E-state index contributed by atoms with van der Waals surface area (Å²) in [7, 11) is 0. The van der Waals surface area contributed by atoms with Crippen molar-refractivity contribution in [2.24, 2.45) is 0 Å². The Balaban J connectivity index is 2.69. The van der Waals surface area contributed by atoms with Crippen molar-refractivity contribution in [2.75, 3.05) is 19.7 Å². The van der Waals surface area contributed by atoms with Crippen molar-refractivity contribution in [3.05, 3.63) is 28.4 Å².